The molecule has 0 aliphatic rings. The van der Waals surface area contributed by atoms with Gasteiger partial charge in [0.25, 0.3) is 5.91 Å². The highest BCUT2D eigenvalue weighted by atomic mass is 35.5. The van der Waals surface area contributed by atoms with Gasteiger partial charge in [0.2, 0.25) is 0 Å². The van der Waals surface area contributed by atoms with Crippen LogP contribution in [0.3, 0.4) is 0 Å². The predicted octanol–water partition coefficient (Wildman–Crippen LogP) is 4.43. The summed E-state index contributed by atoms with van der Waals surface area (Å²) in [6.07, 6.45) is 1.56. The lowest BCUT2D eigenvalue weighted by Crippen LogP contribution is -2.13. The first-order valence-corrected chi connectivity index (χ1v) is 8.83. The van der Waals surface area contributed by atoms with Crippen molar-refractivity contribution in [3.8, 4) is 0 Å². The van der Waals surface area contributed by atoms with E-state index in [1.54, 1.807) is 18.3 Å². The Morgan fingerprint density at radius 1 is 1.31 bits per heavy atom. The van der Waals surface area contributed by atoms with Gasteiger partial charge in [-0.25, -0.2) is 9.37 Å². The van der Waals surface area contributed by atoms with Crippen molar-refractivity contribution in [1.82, 2.24) is 9.36 Å². The lowest BCUT2D eigenvalue weighted by molar-refractivity contribution is 0.102. The van der Waals surface area contributed by atoms with Crippen LogP contribution in [0.15, 0.2) is 36.5 Å². The molecule has 26 heavy (non-hydrogen) atoms. The molecule has 0 unspecified atom stereocenters. The zero-order chi connectivity index (χ0) is 18.7. The maximum Gasteiger partial charge on any atom is 0.276 e. The van der Waals surface area contributed by atoms with Crippen molar-refractivity contribution in [2.24, 2.45) is 0 Å². The Bertz CT molecular complexity index is 966. The smallest absolute Gasteiger partial charge is 0.276 e. The summed E-state index contributed by atoms with van der Waals surface area (Å²) in [7, 11) is 0. The van der Waals surface area contributed by atoms with Gasteiger partial charge >= 0.3 is 0 Å². The van der Waals surface area contributed by atoms with Crippen molar-refractivity contribution in [3.05, 3.63) is 63.0 Å². The maximum absolute atomic E-state index is 14.1. The van der Waals surface area contributed by atoms with Gasteiger partial charge in [0, 0.05) is 24.0 Å². The normalized spacial score (nSPS) is 10.6. The first-order valence-electron chi connectivity index (χ1n) is 7.30. The summed E-state index contributed by atoms with van der Waals surface area (Å²) in [5, 5.41) is 5.71. The van der Waals surface area contributed by atoms with Crippen LogP contribution < -0.4 is 16.4 Å². The van der Waals surface area contributed by atoms with Crippen LogP contribution >= 0.6 is 34.7 Å². The van der Waals surface area contributed by atoms with Gasteiger partial charge in [-0.2, -0.15) is 4.37 Å². The van der Waals surface area contributed by atoms with Crippen LogP contribution in [-0.4, -0.2) is 15.3 Å². The van der Waals surface area contributed by atoms with Crippen LogP contribution in [0.4, 0.5) is 21.6 Å². The molecule has 3 aromatic rings. The van der Waals surface area contributed by atoms with Crippen LogP contribution in [-0.2, 0) is 6.54 Å². The summed E-state index contributed by atoms with van der Waals surface area (Å²) in [6.45, 7) is 0.161. The second kappa shape index (κ2) is 7.86. The quantitative estimate of drug-likeness (QED) is 0.577. The molecule has 10 heteroatoms. The van der Waals surface area contributed by atoms with E-state index >= 15 is 0 Å². The van der Waals surface area contributed by atoms with Crippen LogP contribution in [0.5, 0.6) is 0 Å². The minimum Gasteiger partial charge on any atom is -0.382 e. The molecular weight excluding hydrogens is 400 g/mol. The molecule has 134 valence electrons. The Hall–Kier alpha value is -2.42. The lowest BCUT2D eigenvalue weighted by Gasteiger charge is -2.11. The molecule has 1 aromatic carbocycles. The number of hydrogen-bond acceptors (Lipinski definition) is 6. The second-order valence-corrected chi connectivity index (χ2v) is 6.92. The van der Waals surface area contributed by atoms with Crippen molar-refractivity contribution in [2.45, 2.75) is 6.54 Å². The Morgan fingerprint density at radius 2 is 2.12 bits per heavy atom. The minimum absolute atomic E-state index is 0.0220. The fourth-order valence-electron chi connectivity index (χ4n) is 2.14. The number of rotatable bonds is 5. The molecule has 0 atom stereocenters. The minimum atomic E-state index is -0.528. The largest absolute Gasteiger partial charge is 0.382 e. The molecule has 6 nitrogen and oxygen atoms in total. The topological polar surface area (TPSA) is 92.9 Å². The molecule has 0 saturated heterocycles. The van der Waals surface area contributed by atoms with Crippen molar-refractivity contribution >= 4 is 57.8 Å². The molecule has 0 aliphatic heterocycles. The number of carbonyl (C=O) groups excluding carboxylic acids is 1. The number of amides is 1. The van der Waals surface area contributed by atoms with E-state index in [1.807, 2.05) is 0 Å². The van der Waals surface area contributed by atoms with E-state index in [0.29, 0.717) is 22.8 Å². The van der Waals surface area contributed by atoms with Crippen molar-refractivity contribution < 1.29 is 9.18 Å². The summed E-state index contributed by atoms with van der Waals surface area (Å²) >= 11 is 12.6. The molecule has 0 fully saturated rings. The molecule has 3 rings (SSSR count). The summed E-state index contributed by atoms with van der Waals surface area (Å²) in [5.74, 6) is -0.639. The molecule has 0 spiro atoms. The van der Waals surface area contributed by atoms with Gasteiger partial charge in [-0.3, -0.25) is 4.79 Å². The standard InChI is InChI=1S/C16H12Cl2FN5OS/c17-12-13(24-26-14(12)18)16(25)23-9-3-4-10(19)8(6-9)7-22-11-2-1-5-21-15(11)20/h1-6,22H,7H2,(H2,20,21)(H,23,25). The van der Waals surface area contributed by atoms with E-state index in [2.05, 4.69) is 20.0 Å². The van der Waals surface area contributed by atoms with E-state index in [-0.39, 0.29) is 21.6 Å². The first-order chi connectivity index (χ1) is 12.5. The number of aromatic nitrogens is 2. The Kier molecular flexibility index (Phi) is 5.55. The first kappa shape index (κ1) is 18.4. The maximum atomic E-state index is 14.1. The van der Waals surface area contributed by atoms with Crippen molar-refractivity contribution in [1.29, 1.82) is 0 Å². The van der Waals surface area contributed by atoms with Crippen LogP contribution in [0.25, 0.3) is 0 Å². The van der Waals surface area contributed by atoms with Gasteiger partial charge < -0.3 is 16.4 Å². The highest BCUT2D eigenvalue weighted by Gasteiger charge is 2.18. The number of benzene rings is 1. The van der Waals surface area contributed by atoms with Crippen LogP contribution in [0.1, 0.15) is 16.1 Å². The van der Waals surface area contributed by atoms with Gasteiger partial charge in [0.15, 0.2) is 5.69 Å². The Labute approximate surface area is 162 Å². The molecule has 2 aromatic heterocycles. The van der Waals surface area contributed by atoms with Crippen molar-refractivity contribution in [2.75, 3.05) is 16.4 Å². The van der Waals surface area contributed by atoms with Gasteiger partial charge in [0.1, 0.15) is 21.0 Å². The third kappa shape index (κ3) is 4.04. The number of nitrogens with zero attached hydrogens (tertiary/aromatic N) is 2. The number of nitrogens with one attached hydrogen (secondary N) is 2. The number of nitrogen functional groups attached to an aromatic ring is 1. The fourth-order valence-corrected chi connectivity index (χ4v) is 3.13. The van der Waals surface area contributed by atoms with Gasteiger partial charge in [-0.15, -0.1) is 0 Å². The monoisotopic (exact) mass is 411 g/mol. The molecule has 0 radical (unpaired) electrons. The molecule has 4 N–H and O–H groups in total. The average molecular weight is 412 g/mol. The average Bonchev–Trinajstić information content (AvgIpc) is 2.96. The van der Waals surface area contributed by atoms with Gasteiger partial charge in [-0.05, 0) is 41.9 Å². The molecule has 0 aliphatic carbocycles. The third-order valence-corrected chi connectivity index (χ3v) is 5.04. The predicted molar refractivity (Wildman–Crippen MR) is 102 cm³/mol. The van der Waals surface area contributed by atoms with Crippen LogP contribution in [0.2, 0.25) is 9.36 Å². The number of pyridine rings is 1. The molecule has 0 saturated carbocycles. The van der Waals surface area contributed by atoms with Crippen LogP contribution in [0, 0.1) is 5.82 Å². The number of halogens is 3. The Balaban J connectivity index is 1.74. The molecule has 0 bridgehead atoms. The highest BCUT2D eigenvalue weighted by molar-refractivity contribution is 7.11. The number of anilines is 3. The molecule has 1 amide bonds. The van der Waals surface area contributed by atoms with E-state index in [4.69, 9.17) is 28.9 Å². The summed E-state index contributed by atoms with van der Waals surface area (Å²) in [5.41, 5.74) is 7.09. The van der Waals surface area contributed by atoms with E-state index in [9.17, 15) is 9.18 Å². The SMILES string of the molecule is Nc1ncccc1NCc1cc(NC(=O)c2nsc(Cl)c2Cl)ccc1F. The molecular formula is C16H12Cl2FN5OS. The Morgan fingerprint density at radius 3 is 2.81 bits per heavy atom. The highest BCUT2D eigenvalue weighted by Crippen LogP contribution is 2.30. The van der Waals surface area contributed by atoms with E-state index < -0.39 is 11.7 Å². The zero-order valence-electron chi connectivity index (χ0n) is 13.1. The lowest BCUT2D eigenvalue weighted by atomic mass is 10.1. The third-order valence-electron chi connectivity index (χ3n) is 3.42. The summed E-state index contributed by atoms with van der Waals surface area (Å²) in [4.78, 5) is 16.2. The zero-order valence-corrected chi connectivity index (χ0v) is 15.4. The summed E-state index contributed by atoms with van der Waals surface area (Å²) in [6, 6.07) is 7.66. The number of nitrogens with two attached hydrogens (primary N) is 1. The number of hydrogen-bond donors (Lipinski definition) is 3. The van der Waals surface area contributed by atoms with E-state index in [0.717, 1.165) is 11.5 Å². The summed E-state index contributed by atoms with van der Waals surface area (Å²) < 4.78 is 18.2. The second-order valence-electron chi connectivity index (χ2n) is 5.17. The van der Waals surface area contributed by atoms with Crippen molar-refractivity contribution in [3.63, 3.8) is 0 Å². The fraction of sp³-hybridized carbons (Fsp3) is 0.0625. The van der Waals surface area contributed by atoms with Gasteiger partial charge in [0.05, 0.1) is 5.69 Å². The van der Waals surface area contributed by atoms with Gasteiger partial charge in [-0.1, -0.05) is 23.2 Å². The number of carbonyl (C=O) groups is 1. The molecule has 2 heterocycles. The van der Waals surface area contributed by atoms with E-state index in [1.165, 1.54) is 18.2 Å².